The van der Waals surface area contributed by atoms with Gasteiger partial charge in [0.1, 0.15) is 23.6 Å². The molecule has 2 saturated heterocycles. The van der Waals surface area contributed by atoms with Gasteiger partial charge in [-0.05, 0) is 12.1 Å². The highest BCUT2D eigenvalue weighted by Gasteiger charge is 2.39. The molecule has 2 fully saturated rings. The molecular weight excluding hydrogens is 314 g/mol. The average Bonchev–Trinajstić information content (AvgIpc) is 2.90. The van der Waals surface area contributed by atoms with Crippen molar-refractivity contribution in [1.82, 2.24) is 10.3 Å². The predicted molar refractivity (Wildman–Crippen MR) is 84.9 cm³/mol. The fourth-order valence-electron chi connectivity index (χ4n) is 3.05. The van der Waals surface area contributed by atoms with Gasteiger partial charge in [0, 0.05) is 26.2 Å². The van der Waals surface area contributed by atoms with E-state index < -0.39 is 5.97 Å². The van der Waals surface area contributed by atoms with Gasteiger partial charge in [-0.15, -0.1) is 0 Å². The van der Waals surface area contributed by atoms with Crippen molar-refractivity contribution < 1.29 is 23.8 Å². The van der Waals surface area contributed by atoms with E-state index in [1.54, 1.807) is 18.3 Å². The summed E-state index contributed by atoms with van der Waals surface area (Å²) in [6.45, 7) is 3.42. The van der Waals surface area contributed by atoms with Crippen molar-refractivity contribution in [1.29, 1.82) is 0 Å². The molecular formula is C16H21N3O5. The lowest BCUT2D eigenvalue weighted by Gasteiger charge is -2.21. The summed E-state index contributed by atoms with van der Waals surface area (Å²) in [5.74, 6) is 0.0536. The minimum atomic E-state index is -0.419. The maximum atomic E-state index is 11.9. The summed E-state index contributed by atoms with van der Waals surface area (Å²) in [6, 6.07) is 3.26. The number of hydrogen-bond acceptors (Lipinski definition) is 7. The van der Waals surface area contributed by atoms with Crippen LogP contribution in [0.4, 0.5) is 5.82 Å². The highest BCUT2D eigenvalue weighted by Crippen LogP contribution is 2.27. The molecule has 0 spiro atoms. The monoisotopic (exact) mass is 335 g/mol. The van der Waals surface area contributed by atoms with Gasteiger partial charge in [0.15, 0.2) is 0 Å². The molecule has 0 aromatic carbocycles. The van der Waals surface area contributed by atoms with Crippen LogP contribution in [0.3, 0.4) is 0 Å². The number of carbonyl (C=O) groups is 2. The fourth-order valence-corrected chi connectivity index (χ4v) is 3.05. The Bertz CT molecular complexity index is 607. The van der Waals surface area contributed by atoms with Gasteiger partial charge in [0.25, 0.3) is 0 Å². The first-order valence-electron chi connectivity index (χ1n) is 7.87. The molecule has 1 amide bonds. The zero-order valence-corrected chi connectivity index (χ0v) is 13.7. The molecule has 0 bridgehead atoms. The van der Waals surface area contributed by atoms with Gasteiger partial charge in [-0.3, -0.25) is 4.79 Å². The number of fused-ring (bicyclic) bond motifs is 1. The van der Waals surface area contributed by atoms with Crippen LogP contribution in [0.2, 0.25) is 0 Å². The van der Waals surface area contributed by atoms with E-state index in [0.29, 0.717) is 37.7 Å². The predicted octanol–water partition coefficient (Wildman–Crippen LogP) is -0.0231. The third-order valence-corrected chi connectivity index (χ3v) is 4.14. The number of anilines is 1. The number of nitrogens with one attached hydrogen (secondary N) is 1. The molecule has 1 aromatic rings. The summed E-state index contributed by atoms with van der Waals surface area (Å²) in [5, 5.41) is 2.81. The first kappa shape index (κ1) is 16.7. The van der Waals surface area contributed by atoms with Gasteiger partial charge in [0.05, 0.1) is 26.4 Å². The first-order chi connectivity index (χ1) is 11.6. The second-order valence-corrected chi connectivity index (χ2v) is 5.91. The van der Waals surface area contributed by atoms with Crippen LogP contribution >= 0.6 is 0 Å². The Hall–Kier alpha value is -2.19. The van der Waals surface area contributed by atoms with Crippen molar-refractivity contribution in [3.05, 3.63) is 23.9 Å². The van der Waals surface area contributed by atoms with E-state index in [0.717, 1.165) is 0 Å². The van der Waals surface area contributed by atoms with Crippen LogP contribution in [0, 0.1) is 0 Å². The van der Waals surface area contributed by atoms with Crippen molar-refractivity contribution in [3.8, 4) is 0 Å². The second-order valence-electron chi connectivity index (χ2n) is 5.91. The molecule has 8 nitrogen and oxygen atoms in total. The number of nitrogens with zero attached hydrogens (tertiary/aromatic N) is 2. The molecule has 0 unspecified atom stereocenters. The van der Waals surface area contributed by atoms with Gasteiger partial charge >= 0.3 is 5.97 Å². The van der Waals surface area contributed by atoms with Gasteiger partial charge in [-0.1, -0.05) is 0 Å². The topological polar surface area (TPSA) is 90.0 Å². The van der Waals surface area contributed by atoms with Crippen molar-refractivity contribution in [2.24, 2.45) is 0 Å². The Labute approximate surface area is 140 Å². The summed E-state index contributed by atoms with van der Waals surface area (Å²) in [7, 11) is 1.35. The number of pyridine rings is 1. The number of carbonyl (C=O) groups excluding carboxylic acids is 2. The molecule has 0 saturated carbocycles. The molecule has 3 rings (SSSR count). The number of esters is 1. The molecule has 2 atom stereocenters. The Kier molecular flexibility index (Phi) is 4.96. The maximum Gasteiger partial charge on any atom is 0.341 e. The summed E-state index contributed by atoms with van der Waals surface area (Å²) in [5.41, 5.74) is 0.424. The van der Waals surface area contributed by atoms with E-state index in [4.69, 9.17) is 14.2 Å². The van der Waals surface area contributed by atoms with E-state index in [9.17, 15) is 9.59 Å². The van der Waals surface area contributed by atoms with Crippen molar-refractivity contribution >= 4 is 17.7 Å². The summed E-state index contributed by atoms with van der Waals surface area (Å²) < 4.78 is 16.6. The van der Waals surface area contributed by atoms with E-state index in [-0.39, 0.29) is 24.2 Å². The number of hydrogen-bond donors (Lipinski definition) is 1. The molecule has 0 aliphatic carbocycles. The largest absolute Gasteiger partial charge is 0.465 e. The number of ether oxygens (including phenoxy) is 3. The third kappa shape index (κ3) is 3.49. The third-order valence-electron chi connectivity index (χ3n) is 4.14. The number of amides is 1. The molecule has 3 heterocycles. The first-order valence-corrected chi connectivity index (χ1v) is 7.87. The highest BCUT2D eigenvalue weighted by molar-refractivity contribution is 5.94. The summed E-state index contributed by atoms with van der Waals surface area (Å²) >= 11 is 0. The van der Waals surface area contributed by atoms with Crippen LogP contribution in [0.1, 0.15) is 17.3 Å². The van der Waals surface area contributed by atoms with Crippen LogP contribution in [-0.4, -0.2) is 68.5 Å². The van der Waals surface area contributed by atoms with E-state index in [1.165, 1.54) is 14.0 Å². The Morgan fingerprint density at radius 3 is 2.54 bits per heavy atom. The standard InChI is InChI=1S/C16H21N3O5/c1-10(20)18-11-8-23-13-6-19(7-14(13)24-9-11)15-12(16(21)22-2)4-3-5-17-15/h3-5,11,13-14H,6-9H2,1-2H3,(H,18,20)/t13-,14-/m0/s1. The van der Waals surface area contributed by atoms with E-state index in [2.05, 4.69) is 10.3 Å². The normalized spacial score (nSPS) is 24.2. The maximum absolute atomic E-state index is 11.9. The van der Waals surface area contributed by atoms with E-state index in [1.807, 2.05) is 4.90 Å². The molecule has 130 valence electrons. The van der Waals surface area contributed by atoms with Gasteiger partial charge < -0.3 is 24.4 Å². The van der Waals surface area contributed by atoms with Crippen LogP contribution in [0.25, 0.3) is 0 Å². The number of rotatable bonds is 3. The van der Waals surface area contributed by atoms with Crippen molar-refractivity contribution in [2.45, 2.75) is 25.2 Å². The molecule has 1 aromatic heterocycles. The molecule has 1 N–H and O–H groups in total. The minimum Gasteiger partial charge on any atom is -0.465 e. The van der Waals surface area contributed by atoms with Crippen LogP contribution in [-0.2, 0) is 19.0 Å². The Morgan fingerprint density at radius 2 is 1.96 bits per heavy atom. The van der Waals surface area contributed by atoms with Gasteiger partial charge in [-0.2, -0.15) is 0 Å². The zero-order valence-electron chi connectivity index (χ0n) is 13.7. The summed E-state index contributed by atoms with van der Waals surface area (Å²) in [6.07, 6.45) is 1.39. The Morgan fingerprint density at radius 1 is 1.29 bits per heavy atom. The average molecular weight is 335 g/mol. The highest BCUT2D eigenvalue weighted by atomic mass is 16.6. The second kappa shape index (κ2) is 7.14. The number of methoxy groups -OCH3 is 1. The molecule has 0 radical (unpaired) electrons. The van der Waals surface area contributed by atoms with Crippen LogP contribution in [0.15, 0.2) is 18.3 Å². The smallest absolute Gasteiger partial charge is 0.341 e. The molecule has 2 aliphatic heterocycles. The minimum absolute atomic E-state index is 0.0999. The lowest BCUT2D eigenvalue weighted by Crippen LogP contribution is -2.40. The quantitative estimate of drug-likeness (QED) is 0.776. The lowest BCUT2D eigenvalue weighted by molar-refractivity contribution is -0.120. The molecule has 8 heteroatoms. The van der Waals surface area contributed by atoms with Gasteiger partial charge in [0.2, 0.25) is 5.91 Å². The summed E-state index contributed by atoms with van der Waals surface area (Å²) in [4.78, 5) is 29.4. The number of aromatic nitrogens is 1. The van der Waals surface area contributed by atoms with Crippen molar-refractivity contribution in [3.63, 3.8) is 0 Å². The molecule has 2 aliphatic rings. The van der Waals surface area contributed by atoms with Crippen molar-refractivity contribution in [2.75, 3.05) is 38.3 Å². The lowest BCUT2D eigenvalue weighted by atomic mass is 10.2. The van der Waals surface area contributed by atoms with Gasteiger partial charge in [-0.25, -0.2) is 9.78 Å². The van der Waals surface area contributed by atoms with E-state index >= 15 is 0 Å². The van der Waals surface area contributed by atoms with Crippen LogP contribution < -0.4 is 10.2 Å². The fraction of sp³-hybridized carbons (Fsp3) is 0.562. The SMILES string of the molecule is COC(=O)c1cccnc1N1C[C@@H]2OCC(NC(C)=O)CO[C@H]2C1. The molecule has 24 heavy (non-hydrogen) atoms. The Balaban J connectivity index is 1.69. The van der Waals surface area contributed by atoms with Crippen LogP contribution in [0.5, 0.6) is 0 Å². The zero-order chi connectivity index (χ0) is 17.1.